The highest BCUT2D eigenvalue weighted by Crippen LogP contribution is 2.23. The molecule has 0 spiro atoms. The lowest BCUT2D eigenvalue weighted by molar-refractivity contribution is -0.302. The molecule has 1 heterocycles. The Balaban J connectivity index is 2.07. The largest absolute Gasteiger partial charge is 0.394 e. The van der Waals surface area contributed by atoms with E-state index in [0.29, 0.717) is 6.42 Å². The summed E-state index contributed by atoms with van der Waals surface area (Å²) in [4.78, 5) is 13.1. The molecule has 75 heavy (non-hydrogen) atoms. The van der Waals surface area contributed by atoms with Crippen molar-refractivity contribution in [1.82, 2.24) is 5.32 Å². The molecular formula is C66H123NO8. The first-order chi connectivity index (χ1) is 36.8. The molecule has 1 rings (SSSR count). The van der Waals surface area contributed by atoms with Gasteiger partial charge < -0.3 is 40.3 Å². The minimum Gasteiger partial charge on any atom is -0.394 e. The van der Waals surface area contributed by atoms with Crippen LogP contribution in [0.4, 0.5) is 0 Å². The summed E-state index contributed by atoms with van der Waals surface area (Å²) in [7, 11) is 0. The van der Waals surface area contributed by atoms with Crippen molar-refractivity contribution in [2.24, 2.45) is 0 Å². The van der Waals surface area contributed by atoms with Crippen LogP contribution in [0.25, 0.3) is 0 Å². The van der Waals surface area contributed by atoms with Crippen LogP contribution in [0.2, 0.25) is 0 Å². The number of carbonyl (C=O) groups is 1. The smallest absolute Gasteiger partial charge is 0.220 e. The van der Waals surface area contributed by atoms with E-state index >= 15 is 0 Å². The minimum atomic E-state index is -1.57. The molecule has 9 heteroatoms. The predicted octanol–water partition coefficient (Wildman–Crippen LogP) is 16.9. The van der Waals surface area contributed by atoms with Crippen LogP contribution in [0.15, 0.2) is 48.6 Å². The van der Waals surface area contributed by atoms with Crippen molar-refractivity contribution < 1.29 is 39.8 Å². The van der Waals surface area contributed by atoms with Crippen LogP contribution in [-0.4, -0.2) is 87.5 Å². The highest BCUT2D eigenvalue weighted by molar-refractivity contribution is 5.76. The maximum absolute atomic E-state index is 13.1. The fraction of sp³-hybridized carbons (Fsp3) is 0.864. The van der Waals surface area contributed by atoms with Gasteiger partial charge in [0.2, 0.25) is 5.91 Å². The number of amides is 1. The Labute approximate surface area is 463 Å². The number of carbonyl (C=O) groups excluding carboxylic acids is 1. The van der Waals surface area contributed by atoms with Crippen molar-refractivity contribution in [2.45, 2.75) is 352 Å². The van der Waals surface area contributed by atoms with E-state index in [2.05, 4.69) is 55.6 Å². The Morgan fingerprint density at radius 3 is 1.12 bits per heavy atom. The van der Waals surface area contributed by atoms with E-state index in [1.165, 1.54) is 238 Å². The molecule has 7 unspecified atom stereocenters. The second kappa shape index (κ2) is 55.5. The third kappa shape index (κ3) is 44.7. The third-order valence-corrected chi connectivity index (χ3v) is 15.4. The second-order valence-electron chi connectivity index (χ2n) is 22.5. The predicted molar refractivity (Wildman–Crippen MR) is 318 cm³/mol. The van der Waals surface area contributed by atoms with Gasteiger partial charge in [-0.15, -0.1) is 0 Å². The molecule has 0 radical (unpaired) electrons. The van der Waals surface area contributed by atoms with Gasteiger partial charge in [0, 0.05) is 6.42 Å². The number of nitrogens with one attached hydrogen (secondary N) is 1. The summed E-state index contributed by atoms with van der Waals surface area (Å²) in [5.74, 6) is -0.187. The van der Waals surface area contributed by atoms with E-state index in [4.69, 9.17) is 9.47 Å². The number of rotatable bonds is 56. The lowest BCUT2D eigenvalue weighted by Gasteiger charge is -2.40. The first-order valence-corrected chi connectivity index (χ1v) is 32.4. The number of aliphatic hydroxyl groups excluding tert-OH is 5. The number of aliphatic hydroxyl groups is 5. The van der Waals surface area contributed by atoms with Crippen LogP contribution in [0.3, 0.4) is 0 Å². The van der Waals surface area contributed by atoms with Crippen molar-refractivity contribution >= 4 is 5.91 Å². The van der Waals surface area contributed by atoms with Crippen LogP contribution < -0.4 is 5.32 Å². The van der Waals surface area contributed by atoms with E-state index in [9.17, 15) is 30.3 Å². The SMILES string of the molecule is CCCCCCC/C=C/CC/C=C/CC/C=C/C(O)C(COC1OC(CO)C(O)C(O)C1O)NC(=O)CCCCCCCCCCCCCCCCCCCCCCCCCCC/C=C\CCCCCCCCCC. The average Bonchev–Trinajstić information content (AvgIpc) is 3.41. The lowest BCUT2D eigenvalue weighted by atomic mass is 9.99. The van der Waals surface area contributed by atoms with Crippen molar-refractivity contribution in [3.63, 3.8) is 0 Å². The number of hydrogen-bond acceptors (Lipinski definition) is 8. The van der Waals surface area contributed by atoms with E-state index in [1.807, 2.05) is 6.08 Å². The monoisotopic (exact) mass is 1060 g/mol. The molecule has 7 atom stereocenters. The normalized spacial score (nSPS) is 19.2. The summed E-state index contributed by atoms with van der Waals surface area (Å²) in [6, 6.07) is -0.827. The van der Waals surface area contributed by atoms with Crippen molar-refractivity contribution in [1.29, 1.82) is 0 Å². The number of allylic oxidation sites excluding steroid dienone is 7. The van der Waals surface area contributed by atoms with E-state index in [0.717, 1.165) is 51.4 Å². The Morgan fingerprint density at radius 1 is 0.440 bits per heavy atom. The van der Waals surface area contributed by atoms with E-state index < -0.39 is 49.5 Å². The van der Waals surface area contributed by atoms with Crippen LogP contribution in [0, 0.1) is 0 Å². The maximum Gasteiger partial charge on any atom is 0.220 e. The van der Waals surface area contributed by atoms with Gasteiger partial charge in [-0.25, -0.2) is 0 Å². The number of unbranched alkanes of at least 4 members (excludes halogenated alkanes) is 40. The summed E-state index contributed by atoms with van der Waals surface area (Å²) in [5.41, 5.74) is 0. The lowest BCUT2D eigenvalue weighted by Crippen LogP contribution is -2.60. The van der Waals surface area contributed by atoms with Crippen LogP contribution in [0.5, 0.6) is 0 Å². The van der Waals surface area contributed by atoms with Crippen molar-refractivity contribution in [3.05, 3.63) is 48.6 Å². The van der Waals surface area contributed by atoms with Gasteiger partial charge in [-0.1, -0.05) is 281 Å². The summed E-state index contributed by atoms with van der Waals surface area (Å²) in [6.45, 7) is 3.76. The molecule has 1 aliphatic rings. The summed E-state index contributed by atoms with van der Waals surface area (Å²) < 4.78 is 11.3. The summed E-state index contributed by atoms with van der Waals surface area (Å²) in [5, 5.41) is 54.5. The quantitative estimate of drug-likeness (QED) is 0.0261. The zero-order valence-electron chi connectivity index (χ0n) is 49.1. The van der Waals surface area contributed by atoms with Gasteiger partial charge in [-0.05, 0) is 70.6 Å². The van der Waals surface area contributed by atoms with E-state index in [1.54, 1.807) is 6.08 Å². The summed E-state index contributed by atoms with van der Waals surface area (Å²) >= 11 is 0. The molecule has 0 aromatic carbocycles. The minimum absolute atomic E-state index is 0.187. The third-order valence-electron chi connectivity index (χ3n) is 15.4. The summed E-state index contributed by atoms with van der Waals surface area (Å²) in [6.07, 6.45) is 68.0. The highest BCUT2D eigenvalue weighted by atomic mass is 16.7. The molecule has 440 valence electrons. The van der Waals surface area contributed by atoms with E-state index in [-0.39, 0.29) is 12.5 Å². The highest BCUT2D eigenvalue weighted by Gasteiger charge is 2.44. The molecule has 1 aliphatic heterocycles. The Hall–Kier alpha value is -1.85. The molecule has 0 bridgehead atoms. The molecule has 9 nitrogen and oxygen atoms in total. The number of hydrogen-bond donors (Lipinski definition) is 6. The van der Waals surface area contributed by atoms with Crippen LogP contribution >= 0.6 is 0 Å². The molecule has 1 saturated heterocycles. The molecular weight excluding hydrogens is 935 g/mol. The fourth-order valence-electron chi connectivity index (χ4n) is 10.2. The first-order valence-electron chi connectivity index (χ1n) is 32.4. The second-order valence-corrected chi connectivity index (χ2v) is 22.5. The fourth-order valence-corrected chi connectivity index (χ4v) is 10.2. The van der Waals surface area contributed by atoms with Gasteiger partial charge in [0.05, 0.1) is 25.4 Å². The molecule has 0 saturated carbocycles. The molecule has 0 aromatic rings. The van der Waals surface area contributed by atoms with Gasteiger partial charge in [0.15, 0.2) is 6.29 Å². The zero-order valence-corrected chi connectivity index (χ0v) is 49.1. The van der Waals surface area contributed by atoms with Gasteiger partial charge in [-0.3, -0.25) is 4.79 Å². The molecule has 1 amide bonds. The topological polar surface area (TPSA) is 149 Å². The van der Waals surface area contributed by atoms with Gasteiger partial charge in [0.1, 0.15) is 24.4 Å². The first kappa shape index (κ1) is 71.2. The van der Waals surface area contributed by atoms with Crippen molar-refractivity contribution in [2.75, 3.05) is 13.2 Å². The maximum atomic E-state index is 13.1. The zero-order chi connectivity index (χ0) is 54.3. The van der Waals surface area contributed by atoms with Gasteiger partial charge in [-0.2, -0.15) is 0 Å². The van der Waals surface area contributed by atoms with Crippen molar-refractivity contribution in [3.8, 4) is 0 Å². The average molecular weight is 1060 g/mol. The van der Waals surface area contributed by atoms with Gasteiger partial charge in [0.25, 0.3) is 0 Å². The molecule has 0 aliphatic carbocycles. The number of ether oxygens (including phenoxy) is 2. The Morgan fingerprint density at radius 2 is 0.760 bits per heavy atom. The van der Waals surface area contributed by atoms with Crippen LogP contribution in [0.1, 0.15) is 309 Å². The molecule has 0 aromatic heterocycles. The Kier molecular flexibility index (Phi) is 52.6. The Bertz CT molecular complexity index is 1320. The molecule has 1 fully saturated rings. The van der Waals surface area contributed by atoms with Gasteiger partial charge >= 0.3 is 0 Å². The molecule has 6 N–H and O–H groups in total. The standard InChI is InChI=1S/C66H123NO8/c1-3-5-7-9-11-13-15-17-19-20-21-22-23-24-25-26-27-28-29-30-31-32-33-34-35-36-37-38-39-40-42-44-46-48-50-52-54-56-62(70)67-59(58-74-66-65(73)64(72)63(71)61(57-68)75-66)60(69)55-53-51-49-47-45-43-41-18-16-14-12-10-8-6-4-2/h16,18,20-21,45,47,53,55,59-61,63-66,68-69,71-73H,3-15,17,19,22-44,46,48-52,54,56-58H2,1-2H3,(H,67,70)/b18-16+,21-20-,47-45+,55-53+. The van der Waals surface area contributed by atoms with Crippen LogP contribution in [-0.2, 0) is 14.3 Å².